The summed E-state index contributed by atoms with van der Waals surface area (Å²) in [5, 5.41) is 6.39. The number of nitrogens with two attached hydrogens (primary N) is 1. The number of halogens is 1. The highest BCUT2D eigenvalue weighted by Crippen LogP contribution is 2.32. The zero-order chi connectivity index (χ0) is 23.3. The first-order valence-corrected chi connectivity index (χ1v) is 13.1. The monoisotopic (exact) mass is 530 g/mol. The minimum Gasteiger partial charge on any atom is -0.489 e. The average molecular weight is 531 g/mol. The van der Waals surface area contributed by atoms with Crippen molar-refractivity contribution in [2.75, 3.05) is 26.2 Å². The van der Waals surface area contributed by atoms with E-state index < -0.39 is 27.9 Å². The fraction of sp³-hybridized carbons (Fsp3) is 0.619. The molecular weight excluding hydrogens is 500 g/mol. The number of rotatable bonds is 9. The molecule has 2 saturated heterocycles. The van der Waals surface area contributed by atoms with Gasteiger partial charge in [0.05, 0.1) is 15.4 Å². The Morgan fingerprint density at radius 2 is 1.88 bits per heavy atom. The number of carbonyl (C=O) groups is 2. The van der Waals surface area contributed by atoms with Gasteiger partial charge >= 0.3 is 0 Å². The molecule has 0 radical (unpaired) electrons. The second-order valence-corrected chi connectivity index (χ2v) is 11.1. The van der Waals surface area contributed by atoms with E-state index in [4.69, 9.17) is 10.5 Å². The highest BCUT2D eigenvalue weighted by Gasteiger charge is 2.37. The third kappa shape index (κ3) is 6.21. The molecule has 1 aromatic carbocycles. The van der Waals surface area contributed by atoms with Gasteiger partial charge in [-0.3, -0.25) is 9.59 Å². The molecule has 32 heavy (non-hydrogen) atoms. The fourth-order valence-corrected chi connectivity index (χ4v) is 6.39. The summed E-state index contributed by atoms with van der Waals surface area (Å²) in [7, 11) is -4.10. The Hall–Kier alpha value is -1.69. The zero-order valence-electron chi connectivity index (χ0n) is 18.2. The Morgan fingerprint density at radius 1 is 1.19 bits per heavy atom. The van der Waals surface area contributed by atoms with Crippen LogP contribution in [0.2, 0.25) is 0 Å². The molecule has 2 fully saturated rings. The Balaban J connectivity index is 1.82. The maximum Gasteiger partial charge on any atom is 0.266 e. The topological polar surface area (TPSA) is 131 Å². The van der Waals surface area contributed by atoms with E-state index in [2.05, 4.69) is 26.6 Å². The number of benzene rings is 1. The molecule has 0 aliphatic carbocycles. The minimum absolute atomic E-state index is 0.0184. The van der Waals surface area contributed by atoms with Gasteiger partial charge in [0.1, 0.15) is 11.9 Å². The lowest BCUT2D eigenvalue weighted by Crippen LogP contribution is -2.46. The number of nitrogens with one attached hydrogen (secondary N) is 2. The molecule has 2 atom stereocenters. The summed E-state index contributed by atoms with van der Waals surface area (Å²) in [5.74, 6) is -0.819. The van der Waals surface area contributed by atoms with Crippen LogP contribution in [0.1, 0.15) is 39.0 Å². The van der Waals surface area contributed by atoms with Gasteiger partial charge in [-0.1, -0.05) is 6.92 Å². The molecule has 1 aromatic rings. The van der Waals surface area contributed by atoms with Gasteiger partial charge in [0.2, 0.25) is 11.8 Å². The van der Waals surface area contributed by atoms with Crippen molar-refractivity contribution >= 4 is 37.8 Å². The summed E-state index contributed by atoms with van der Waals surface area (Å²) in [5.41, 5.74) is 5.23. The predicted molar refractivity (Wildman–Crippen MR) is 124 cm³/mol. The maximum atomic E-state index is 13.5. The van der Waals surface area contributed by atoms with E-state index in [1.807, 2.05) is 0 Å². The predicted octanol–water partition coefficient (Wildman–Crippen LogP) is 1.36. The molecule has 4 N–H and O–H groups in total. The van der Waals surface area contributed by atoms with E-state index in [0.717, 1.165) is 30.2 Å². The van der Waals surface area contributed by atoms with Crippen molar-refractivity contribution in [2.24, 2.45) is 11.7 Å². The normalized spacial score (nSPS) is 20.6. The number of hydrogen-bond donors (Lipinski definition) is 3. The summed E-state index contributed by atoms with van der Waals surface area (Å²) < 4.78 is 34.6. The Morgan fingerprint density at radius 3 is 2.47 bits per heavy atom. The molecule has 0 spiro atoms. The largest absolute Gasteiger partial charge is 0.489 e. The van der Waals surface area contributed by atoms with Crippen LogP contribution in [0.3, 0.4) is 0 Å². The summed E-state index contributed by atoms with van der Waals surface area (Å²) in [4.78, 5) is 24.3. The molecule has 2 amide bonds. The van der Waals surface area contributed by atoms with Gasteiger partial charge in [-0.2, -0.15) is 0 Å². The van der Waals surface area contributed by atoms with Crippen LogP contribution in [0, 0.1) is 5.92 Å². The zero-order valence-corrected chi connectivity index (χ0v) is 20.6. The van der Waals surface area contributed by atoms with Crippen LogP contribution in [0.4, 0.5) is 0 Å². The van der Waals surface area contributed by atoms with E-state index in [-0.39, 0.29) is 29.8 Å². The molecule has 0 aromatic heterocycles. The summed E-state index contributed by atoms with van der Waals surface area (Å²) in [6.07, 6.45) is 2.32. The molecule has 11 heteroatoms. The van der Waals surface area contributed by atoms with E-state index in [9.17, 15) is 18.0 Å². The van der Waals surface area contributed by atoms with Crippen LogP contribution in [0.25, 0.3) is 0 Å². The molecular formula is C21H31BrN4O5S. The number of nitrogens with zero attached hydrogens (tertiary/aromatic N) is 1. The average Bonchev–Trinajstić information content (AvgIpc) is 3.23. The molecule has 2 heterocycles. The standard InChI is InChI=1S/C21H31BrN4O5S/c1-14(10-20(23)27)11-21(28)26(15-4-7-25-13-15)32(29,30)17-2-3-19(18(22)12-17)31-16-5-8-24-9-6-16/h2-3,12,14-16,24-25H,4-11,13H2,1H3,(H2,23,27)/t14-,15?/m0/s1. The Bertz CT molecular complexity index is 930. The second-order valence-electron chi connectivity index (χ2n) is 8.48. The van der Waals surface area contributed by atoms with Crippen molar-refractivity contribution in [2.45, 2.75) is 56.1 Å². The van der Waals surface area contributed by atoms with Crippen LogP contribution >= 0.6 is 15.9 Å². The van der Waals surface area contributed by atoms with Gasteiger partial charge in [0, 0.05) is 19.4 Å². The van der Waals surface area contributed by atoms with Gasteiger partial charge < -0.3 is 21.1 Å². The molecule has 3 rings (SSSR count). The molecule has 9 nitrogen and oxygen atoms in total. The molecule has 0 saturated carbocycles. The Kier molecular flexibility index (Phi) is 8.54. The van der Waals surface area contributed by atoms with E-state index in [0.29, 0.717) is 29.7 Å². The first-order valence-electron chi connectivity index (χ1n) is 10.9. The molecule has 0 bridgehead atoms. The minimum atomic E-state index is -4.10. The molecule has 1 unspecified atom stereocenters. The van der Waals surface area contributed by atoms with Crippen molar-refractivity contribution < 1.29 is 22.7 Å². The number of piperidine rings is 1. The molecule has 2 aliphatic heterocycles. The maximum absolute atomic E-state index is 13.5. The smallest absolute Gasteiger partial charge is 0.266 e. The van der Waals surface area contributed by atoms with Gasteiger partial charge in [-0.25, -0.2) is 12.7 Å². The van der Waals surface area contributed by atoms with Gasteiger partial charge in [0.25, 0.3) is 10.0 Å². The second kappa shape index (κ2) is 11.0. The lowest BCUT2D eigenvalue weighted by atomic mass is 10.0. The molecule has 178 valence electrons. The highest BCUT2D eigenvalue weighted by atomic mass is 79.9. The molecule has 2 aliphatic rings. The number of hydrogen-bond acceptors (Lipinski definition) is 7. The van der Waals surface area contributed by atoms with E-state index in [1.54, 1.807) is 13.0 Å². The lowest BCUT2D eigenvalue weighted by Gasteiger charge is -2.29. The quantitative estimate of drug-likeness (QED) is 0.439. The lowest BCUT2D eigenvalue weighted by molar-refractivity contribution is -0.128. The van der Waals surface area contributed by atoms with Crippen LogP contribution < -0.4 is 21.1 Å². The van der Waals surface area contributed by atoms with Gasteiger partial charge in [0.15, 0.2) is 0 Å². The van der Waals surface area contributed by atoms with Crippen LogP contribution in [0.15, 0.2) is 27.6 Å². The number of sulfonamides is 1. The summed E-state index contributed by atoms with van der Waals surface area (Å²) >= 11 is 3.43. The first-order chi connectivity index (χ1) is 15.2. The van der Waals surface area contributed by atoms with E-state index in [1.165, 1.54) is 12.1 Å². The van der Waals surface area contributed by atoms with Crippen molar-refractivity contribution in [3.8, 4) is 5.75 Å². The summed E-state index contributed by atoms with van der Waals surface area (Å²) in [6, 6.07) is 4.12. The number of ether oxygens (including phenoxy) is 1. The van der Waals surface area contributed by atoms with Crippen molar-refractivity contribution in [1.82, 2.24) is 14.9 Å². The van der Waals surface area contributed by atoms with Crippen LogP contribution in [0.5, 0.6) is 5.75 Å². The van der Waals surface area contributed by atoms with Crippen LogP contribution in [-0.2, 0) is 19.6 Å². The third-order valence-electron chi connectivity index (χ3n) is 5.72. The van der Waals surface area contributed by atoms with Crippen LogP contribution in [-0.4, -0.2) is 62.9 Å². The number of carbonyl (C=O) groups excluding carboxylic acids is 2. The number of amides is 2. The highest BCUT2D eigenvalue weighted by molar-refractivity contribution is 9.10. The third-order valence-corrected chi connectivity index (χ3v) is 8.21. The number of primary amides is 1. The van der Waals surface area contributed by atoms with E-state index >= 15 is 0 Å². The summed E-state index contributed by atoms with van der Waals surface area (Å²) in [6.45, 7) is 4.51. The van der Waals surface area contributed by atoms with Crippen molar-refractivity contribution in [3.63, 3.8) is 0 Å². The fourth-order valence-electron chi connectivity index (χ4n) is 4.12. The SMILES string of the molecule is C[C@@H](CC(N)=O)CC(=O)N(C1CCNC1)S(=O)(=O)c1ccc(OC2CCNCC2)c(Br)c1. The Labute approximate surface area is 197 Å². The van der Waals surface area contributed by atoms with Crippen molar-refractivity contribution in [1.29, 1.82) is 0 Å². The first kappa shape index (κ1) is 24.9. The van der Waals surface area contributed by atoms with Crippen molar-refractivity contribution in [3.05, 3.63) is 22.7 Å². The van der Waals surface area contributed by atoms with Gasteiger partial charge in [-0.05, 0) is 78.9 Å². The van der Waals surface area contributed by atoms with Gasteiger partial charge in [-0.15, -0.1) is 0 Å².